The fourth-order valence-electron chi connectivity index (χ4n) is 1.33. The predicted octanol–water partition coefficient (Wildman–Crippen LogP) is 0.241. The summed E-state index contributed by atoms with van der Waals surface area (Å²) in [5.41, 5.74) is 13.0. The number of pyridine rings is 1. The summed E-state index contributed by atoms with van der Waals surface area (Å²) in [6.07, 6.45) is 1.71. The normalized spacial score (nSPS) is 13.1. The van der Waals surface area contributed by atoms with Crippen molar-refractivity contribution in [2.24, 2.45) is 0 Å². The fraction of sp³-hybridized carbons (Fsp3) is 0.583. The van der Waals surface area contributed by atoms with Gasteiger partial charge in [0.2, 0.25) is 0 Å². The van der Waals surface area contributed by atoms with Crippen LogP contribution >= 0.6 is 0 Å². The van der Waals surface area contributed by atoms with Crippen LogP contribution in [0.1, 0.15) is 0 Å². The number of hydrogen-bond donors (Lipinski definition) is 2. The summed E-state index contributed by atoms with van der Waals surface area (Å²) in [6.45, 7) is 1.29. The Morgan fingerprint density at radius 1 is 1.17 bits per heavy atom. The number of nitrogen functional groups attached to an aromatic ring is 2. The Bertz CT molecular complexity index is 377. The standard InChI is InChI=1S/C12H23As2N4/c1-18(2,3)7-6-13-4-5-14-12-11(16)8-10(15)9-17-12/h8-9H,4-7,15-16H2,1-3H3/q+1. The second-order valence-corrected chi connectivity index (χ2v) is 10.6. The molecule has 2 radical (unpaired) electrons. The van der Waals surface area contributed by atoms with E-state index in [1.165, 1.54) is 22.2 Å². The van der Waals surface area contributed by atoms with Gasteiger partial charge < -0.3 is 0 Å². The predicted molar refractivity (Wildman–Crippen MR) is 81.5 cm³/mol. The van der Waals surface area contributed by atoms with Crippen LogP contribution in [0.25, 0.3) is 0 Å². The number of rotatable bonds is 7. The molecule has 0 saturated carbocycles. The second kappa shape index (κ2) is 7.42. The first-order valence-corrected chi connectivity index (χ1v) is 10.9. The summed E-state index contributed by atoms with van der Waals surface area (Å²) in [5, 5.41) is 4.06. The van der Waals surface area contributed by atoms with Crippen LogP contribution in [-0.2, 0) is 0 Å². The van der Waals surface area contributed by atoms with Crippen molar-refractivity contribution in [1.29, 1.82) is 0 Å². The Hall–Kier alpha value is -0.173. The van der Waals surface area contributed by atoms with E-state index in [1.807, 2.05) is 6.07 Å². The molecule has 0 unspecified atom stereocenters. The quantitative estimate of drug-likeness (QED) is 0.409. The summed E-state index contributed by atoms with van der Waals surface area (Å²) in [5.74, 6) is 0. The SMILES string of the molecule is C[N+](C)(C)CC[As]CC[As]c1ncc(N)cc1N. The number of anilines is 2. The van der Waals surface area contributed by atoms with Gasteiger partial charge in [0.15, 0.2) is 0 Å². The molecule has 0 aliphatic carbocycles. The van der Waals surface area contributed by atoms with Crippen molar-refractivity contribution in [2.75, 3.05) is 39.2 Å². The zero-order valence-electron chi connectivity index (χ0n) is 11.4. The fourth-order valence-corrected chi connectivity index (χ4v) is 7.75. The van der Waals surface area contributed by atoms with Crippen LogP contribution in [0.2, 0.25) is 15.6 Å². The van der Waals surface area contributed by atoms with Gasteiger partial charge in [-0.3, -0.25) is 0 Å². The van der Waals surface area contributed by atoms with Gasteiger partial charge in [-0.05, 0) is 0 Å². The first kappa shape index (κ1) is 15.9. The third-order valence-electron chi connectivity index (χ3n) is 2.36. The minimum absolute atomic E-state index is 0.121. The van der Waals surface area contributed by atoms with Gasteiger partial charge in [0.05, 0.1) is 0 Å². The average molecular weight is 373 g/mol. The molecular formula is C12H23As2N4+. The zero-order valence-corrected chi connectivity index (χ0v) is 15.2. The molecule has 0 amide bonds. The van der Waals surface area contributed by atoms with Crippen molar-refractivity contribution < 1.29 is 4.48 Å². The molecule has 0 fully saturated rings. The van der Waals surface area contributed by atoms with Crippen molar-refractivity contribution in [2.45, 2.75) is 15.6 Å². The Kier molecular flexibility index (Phi) is 6.55. The zero-order chi connectivity index (χ0) is 13.6. The summed E-state index contributed by atoms with van der Waals surface area (Å²) >= 11 is 0.620. The van der Waals surface area contributed by atoms with Crippen molar-refractivity contribution in [3.05, 3.63) is 12.3 Å². The molecule has 0 atom stereocenters. The average Bonchev–Trinajstić information content (AvgIpc) is 2.24. The van der Waals surface area contributed by atoms with Gasteiger partial charge in [0, 0.05) is 0 Å². The third kappa shape index (κ3) is 6.68. The van der Waals surface area contributed by atoms with Crippen molar-refractivity contribution in [3.63, 3.8) is 0 Å². The van der Waals surface area contributed by atoms with Crippen LogP contribution in [-0.4, -0.2) is 68.7 Å². The summed E-state index contributed by atoms with van der Waals surface area (Å²) in [4.78, 5) is 4.33. The monoisotopic (exact) mass is 373 g/mol. The van der Waals surface area contributed by atoms with E-state index in [0.29, 0.717) is 21.4 Å². The molecule has 0 saturated heterocycles. The van der Waals surface area contributed by atoms with E-state index in [2.05, 4.69) is 26.1 Å². The minimum atomic E-state index is 0.121. The maximum absolute atomic E-state index is 5.91. The first-order chi connectivity index (χ1) is 8.38. The molecule has 18 heavy (non-hydrogen) atoms. The molecule has 1 aromatic rings. The molecule has 0 spiro atoms. The van der Waals surface area contributed by atoms with Gasteiger partial charge in [0.25, 0.3) is 0 Å². The molecule has 100 valence electrons. The van der Waals surface area contributed by atoms with Crippen LogP contribution in [0.15, 0.2) is 12.3 Å². The molecule has 1 heterocycles. The third-order valence-corrected chi connectivity index (χ3v) is 8.59. The van der Waals surface area contributed by atoms with Crippen LogP contribution in [0, 0.1) is 0 Å². The van der Waals surface area contributed by atoms with Crippen molar-refractivity contribution in [1.82, 2.24) is 4.98 Å². The van der Waals surface area contributed by atoms with E-state index in [-0.39, 0.29) is 15.8 Å². The molecule has 0 aliphatic rings. The molecule has 0 aromatic carbocycles. The molecule has 1 rings (SSSR count). The van der Waals surface area contributed by atoms with Gasteiger partial charge in [-0.15, -0.1) is 0 Å². The summed E-state index contributed by atoms with van der Waals surface area (Å²) in [6, 6.07) is 1.82. The molecule has 4 N–H and O–H groups in total. The van der Waals surface area contributed by atoms with E-state index in [1.54, 1.807) is 6.20 Å². The second-order valence-electron chi connectivity index (χ2n) is 5.25. The molecule has 6 heteroatoms. The maximum atomic E-state index is 5.91. The number of quaternary nitrogens is 1. The van der Waals surface area contributed by atoms with Crippen molar-refractivity contribution in [3.8, 4) is 0 Å². The Morgan fingerprint density at radius 3 is 2.50 bits per heavy atom. The van der Waals surface area contributed by atoms with E-state index in [0.717, 1.165) is 14.7 Å². The summed E-state index contributed by atoms with van der Waals surface area (Å²) < 4.78 is 2.17. The number of hydrogen-bond acceptors (Lipinski definition) is 3. The Labute approximate surface area is 123 Å². The van der Waals surface area contributed by atoms with Gasteiger partial charge in [0.1, 0.15) is 0 Å². The van der Waals surface area contributed by atoms with Crippen molar-refractivity contribution >= 4 is 47.4 Å². The Morgan fingerprint density at radius 2 is 1.89 bits per heavy atom. The van der Waals surface area contributed by atoms with E-state index < -0.39 is 0 Å². The van der Waals surface area contributed by atoms with Crippen LogP contribution < -0.4 is 15.9 Å². The Balaban J connectivity index is 2.18. The van der Waals surface area contributed by atoms with Crippen LogP contribution in [0.5, 0.6) is 0 Å². The summed E-state index contributed by atoms with van der Waals surface area (Å²) in [7, 11) is 6.77. The number of nitrogens with two attached hydrogens (primary N) is 2. The number of nitrogens with zero attached hydrogens (tertiary/aromatic N) is 2. The first-order valence-electron chi connectivity index (χ1n) is 6.01. The van der Waals surface area contributed by atoms with Gasteiger partial charge in [-0.1, -0.05) is 0 Å². The van der Waals surface area contributed by atoms with Crippen LogP contribution in [0.3, 0.4) is 0 Å². The van der Waals surface area contributed by atoms with Gasteiger partial charge >= 0.3 is 124 Å². The van der Waals surface area contributed by atoms with Gasteiger partial charge in [-0.2, -0.15) is 0 Å². The topological polar surface area (TPSA) is 64.9 Å². The molecule has 0 bridgehead atoms. The molecule has 1 aromatic heterocycles. The van der Waals surface area contributed by atoms with E-state index in [4.69, 9.17) is 11.5 Å². The van der Waals surface area contributed by atoms with E-state index >= 15 is 0 Å². The van der Waals surface area contributed by atoms with Gasteiger partial charge in [-0.25, -0.2) is 0 Å². The molecule has 4 nitrogen and oxygen atoms in total. The molecular weight excluding hydrogens is 350 g/mol. The van der Waals surface area contributed by atoms with E-state index in [9.17, 15) is 0 Å². The van der Waals surface area contributed by atoms with Crippen LogP contribution in [0.4, 0.5) is 11.4 Å². The number of aromatic nitrogens is 1. The molecule has 0 aliphatic heterocycles.